The van der Waals surface area contributed by atoms with Gasteiger partial charge in [-0.05, 0) is 32.5 Å². The molecule has 110 valence electrons. The number of morpholine rings is 1. The van der Waals surface area contributed by atoms with Gasteiger partial charge in [0.05, 0.1) is 19.8 Å². The van der Waals surface area contributed by atoms with Gasteiger partial charge >= 0.3 is 0 Å². The number of nitrogens with zero attached hydrogens (tertiary/aromatic N) is 3. The molecular weight excluding hydrogens is 242 g/mol. The standard InChI is InChI=1S/C14H27N3O2/c1-14(4-5-15(2)11-14)12-16(3)10-13(18)17-6-8-19-9-7-17/h4-12H2,1-3H3. The SMILES string of the molecule is CN1CCC(C)(CN(C)CC(=O)N2CCOCC2)C1. The first-order chi connectivity index (χ1) is 8.98. The van der Waals surface area contributed by atoms with Gasteiger partial charge in [-0.25, -0.2) is 0 Å². The first-order valence-electron chi connectivity index (χ1n) is 7.21. The van der Waals surface area contributed by atoms with Crippen LogP contribution in [0.2, 0.25) is 0 Å². The fourth-order valence-electron chi connectivity index (χ4n) is 3.25. The lowest BCUT2D eigenvalue weighted by molar-refractivity contribution is -0.136. The summed E-state index contributed by atoms with van der Waals surface area (Å²) in [4.78, 5) is 18.6. The Balaban J connectivity index is 1.77. The minimum absolute atomic E-state index is 0.237. The van der Waals surface area contributed by atoms with Crippen molar-refractivity contribution in [1.29, 1.82) is 0 Å². The van der Waals surface area contributed by atoms with Crippen LogP contribution in [-0.4, -0.2) is 87.2 Å². The van der Waals surface area contributed by atoms with E-state index in [1.165, 1.54) is 13.0 Å². The van der Waals surface area contributed by atoms with E-state index in [1.807, 2.05) is 4.90 Å². The molecule has 2 saturated heterocycles. The van der Waals surface area contributed by atoms with E-state index >= 15 is 0 Å². The zero-order valence-corrected chi connectivity index (χ0v) is 12.5. The van der Waals surface area contributed by atoms with Crippen molar-refractivity contribution >= 4 is 5.91 Å². The summed E-state index contributed by atoms with van der Waals surface area (Å²) in [6.07, 6.45) is 1.22. The molecular formula is C14H27N3O2. The van der Waals surface area contributed by atoms with Gasteiger partial charge in [0.25, 0.3) is 0 Å². The summed E-state index contributed by atoms with van der Waals surface area (Å²) in [5.74, 6) is 0.237. The van der Waals surface area contributed by atoms with Crippen LogP contribution in [0.15, 0.2) is 0 Å². The molecule has 0 N–H and O–H groups in total. The largest absolute Gasteiger partial charge is 0.378 e. The third-order valence-electron chi connectivity index (χ3n) is 4.17. The molecule has 0 aromatic heterocycles. The molecule has 1 atom stereocenters. The van der Waals surface area contributed by atoms with E-state index in [0.29, 0.717) is 25.2 Å². The number of hydrogen-bond donors (Lipinski definition) is 0. The van der Waals surface area contributed by atoms with E-state index in [-0.39, 0.29) is 5.91 Å². The van der Waals surface area contributed by atoms with Crippen LogP contribution in [0, 0.1) is 5.41 Å². The molecule has 1 unspecified atom stereocenters. The number of likely N-dealkylation sites (tertiary alicyclic amines) is 1. The van der Waals surface area contributed by atoms with Crippen LogP contribution >= 0.6 is 0 Å². The number of ether oxygens (including phenoxy) is 1. The molecule has 2 aliphatic rings. The first kappa shape index (κ1) is 14.8. The highest BCUT2D eigenvalue weighted by Gasteiger charge is 2.33. The van der Waals surface area contributed by atoms with Crippen LogP contribution in [0.3, 0.4) is 0 Å². The summed E-state index contributed by atoms with van der Waals surface area (Å²) in [7, 11) is 4.23. The van der Waals surface area contributed by atoms with Crippen molar-refractivity contribution in [2.24, 2.45) is 5.41 Å². The molecule has 2 rings (SSSR count). The molecule has 5 heteroatoms. The van der Waals surface area contributed by atoms with Gasteiger partial charge < -0.3 is 14.5 Å². The van der Waals surface area contributed by atoms with Crippen molar-refractivity contribution in [2.75, 3.05) is 66.6 Å². The molecule has 5 nitrogen and oxygen atoms in total. The van der Waals surface area contributed by atoms with Crippen LogP contribution in [0.5, 0.6) is 0 Å². The van der Waals surface area contributed by atoms with Crippen LogP contribution in [0.4, 0.5) is 0 Å². The fourth-order valence-corrected chi connectivity index (χ4v) is 3.25. The lowest BCUT2D eigenvalue weighted by Crippen LogP contribution is -2.46. The minimum Gasteiger partial charge on any atom is -0.378 e. The van der Waals surface area contributed by atoms with Crippen LogP contribution < -0.4 is 0 Å². The molecule has 0 aromatic carbocycles. The Bertz CT molecular complexity index is 318. The highest BCUT2D eigenvalue weighted by molar-refractivity contribution is 5.78. The Labute approximate surface area is 116 Å². The Hall–Kier alpha value is -0.650. The van der Waals surface area contributed by atoms with Crippen molar-refractivity contribution in [3.63, 3.8) is 0 Å². The second-order valence-corrected chi connectivity index (χ2v) is 6.46. The van der Waals surface area contributed by atoms with Gasteiger partial charge in [0.15, 0.2) is 0 Å². The van der Waals surface area contributed by atoms with E-state index in [0.717, 1.165) is 26.2 Å². The van der Waals surface area contributed by atoms with Crippen molar-refractivity contribution in [2.45, 2.75) is 13.3 Å². The molecule has 2 aliphatic heterocycles. The topological polar surface area (TPSA) is 36.0 Å². The highest BCUT2D eigenvalue weighted by Crippen LogP contribution is 2.29. The Morgan fingerprint density at radius 2 is 2.00 bits per heavy atom. The second kappa shape index (κ2) is 6.20. The maximum absolute atomic E-state index is 12.2. The highest BCUT2D eigenvalue weighted by atomic mass is 16.5. The van der Waals surface area contributed by atoms with Gasteiger partial charge in [-0.3, -0.25) is 9.69 Å². The smallest absolute Gasteiger partial charge is 0.236 e. The Morgan fingerprint density at radius 3 is 2.58 bits per heavy atom. The lowest BCUT2D eigenvalue weighted by atomic mass is 9.89. The molecule has 2 heterocycles. The van der Waals surface area contributed by atoms with Crippen molar-refractivity contribution < 1.29 is 9.53 Å². The summed E-state index contributed by atoms with van der Waals surface area (Å²) in [5.41, 5.74) is 0.328. The molecule has 0 aliphatic carbocycles. The molecule has 0 radical (unpaired) electrons. The Kier molecular flexibility index (Phi) is 4.81. The molecule has 1 amide bonds. The third kappa shape index (κ3) is 4.16. The first-order valence-corrected chi connectivity index (χ1v) is 7.21. The van der Waals surface area contributed by atoms with Crippen molar-refractivity contribution in [3.8, 4) is 0 Å². The molecule has 0 spiro atoms. The summed E-state index contributed by atoms with van der Waals surface area (Å²) in [6, 6.07) is 0. The second-order valence-electron chi connectivity index (χ2n) is 6.46. The summed E-state index contributed by atoms with van der Waals surface area (Å²) < 4.78 is 5.28. The molecule has 0 aromatic rings. The molecule has 19 heavy (non-hydrogen) atoms. The van der Waals surface area contributed by atoms with E-state index in [9.17, 15) is 4.79 Å². The summed E-state index contributed by atoms with van der Waals surface area (Å²) in [5, 5.41) is 0. The summed E-state index contributed by atoms with van der Waals surface area (Å²) >= 11 is 0. The van der Waals surface area contributed by atoms with Gasteiger partial charge in [-0.15, -0.1) is 0 Å². The summed E-state index contributed by atoms with van der Waals surface area (Å²) in [6.45, 7) is 8.99. The molecule has 0 bridgehead atoms. The maximum Gasteiger partial charge on any atom is 0.236 e. The van der Waals surface area contributed by atoms with Gasteiger partial charge in [0.1, 0.15) is 0 Å². The zero-order valence-electron chi connectivity index (χ0n) is 12.5. The quantitative estimate of drug-likeness (QED) is 0.726. The normalized spacial score (nSPS) is 29.2. The number of carbonyl (C=O) groups excluding carboxylic acids is 1. The zero-order chi connectivity index (χ0) is 13.9. The maximum atomic E-state index is 12.2. The van der Waals surface area contributed by atoms with E-state index in [2.05, 4.69) is 30.8 Å². The predicted molar refractivity (Wildman–Crippen MR) is 75.1 cm³/mol. The van der Waals surface area contributed by atoms with Gasteiger partial charge in [-0.1, -0.05) is 6.92 Å². The third-order valence-corrected chi connectivity index (χ3v) is 4.17. The number of hydrogen-bond acceptors (Lipinski definition) is 4. The van der Waals surface area contributed by atoms with Crippen molar-refractivity contribution in [3.05, 3.63) is 0 Å². The Morgan fingerprint density at radius 1 is 1.32 bits per heavy atom. The average molecular weight is 269 g/mol. The monoisotopic (exact) mass is 269 g/mol. The van der Waals surface area contributed by atoms with Gasteiger partial charge in [0, 0.05) is 26.2 Å². The van der Waals surface area contributed by atoms with Crippen molar-refractivity contribution in [1.82, 2.24) is 14.7 Å². The number of carbonyl (C=O) groups is 1. The van der Waals surface area contributed by atoms with E-state index in [1.54, 1.807) is 0 Å². The van der Waals surface area contributed by atoms with Gasteiger partial charge in [-0.2, -0.15) is 0 Å². The number of amides is 1. The van der Waals surface area contributed by atoms with Crippen LogP contribution in [0.1, 0.15) is 13.3 Å². The van der Waals surface area contributed by atoms with E-state index < -0.39 is 0 Å². The van der Waals surface area contributed by atoms with Gasteiger partial charge in [0.2, 0.25) is 5.91 Å². The predicted octanol–water partition coefficient (Wildman–Crippen LogP) is 0.119. The number of likely N-dealkylation sites (N-methyl/N-ethyl adjacent to an activating group) is 1. The number of rotatable bonds is 4. The van der Waals surface area contributed by atoms with Crippen LogP contribution in [-0.2, 0) is 9.53 Å². The lowest BCUT2D eigenvalue weighted by Gasteiger charge is -2.32. The molecule has 2 fully saturated rings. The average Bonchev–Trinajstić information content (AvgIpc) is 2.69. The minimum atomic E-state index is 0.237. The molecule has 0 saturated carbocycles. The van der Waals surface area contributed by atoms with Crippen LogP contribution in [0.25, 0.3) is 0 Å². The van der Waals surface area contributed by atoms with E-state index in [4.69, 9.17) is 4.74 Å². The fraction of sp³-hybridized carbons (Fsp3) is 0.929.